The first kappa shape index (κ1) is 18.3. The summed E-state index contributed by atoms with van der Waals surface area (Å²) >= 11 is 0. The van der Waals surface area contributed by atoms with E-state index in [9.17, 15) is 14.0 Å². The lowest BCUT2D eigenvalue weighted by atomic mass is 10.1. The predicted molar refractivity (Wildman–Crippen MR) is 97.0 cm³/mol. The van der Waals surface area contributed by atoms with Gasteiger partial charge in [-0.3, -0.25) is 20.4 Å². The molecule has 7 heteroatoms. The number of amides is 2. The zero-order valence-corrected chi connectivity index (χ0v) is 14.7. The number of oxazole rings is 1. The molecule has 2 N–H and O–H groups in total. The highest BCUT2D eigenvalue weighted by atomic mass is 19.1. The van der Waals surface area contributed by atoms with Crippen LogP contribution in [0.3, 0.4) is 0 Å². The fourth-order valence-corrected chi connectivity index (χ4v) is 2.48. The van der Waals surface area contributed by atoms with Gasteiger partial charge in [-0.15, -0.1) is 0 Å². The summed E-state index contributed by atoms with van der Waals surface area (Å²) in [5, 5.41) is 0. The van der Waals surface area contributed by atoms with Crippen LogP contribution in [0.4, 0.5) is 4.39 Å². The third-order valence-corrected chi connectivity index (χ3v) is 3.95. The van der Waals surface area contributed by atoms with E-state index >= 15 is 0 Å². The fraction of sp³-hybridized carbons (Fsp3) is 0.150. The van der Waals surface area contributed by atoms with Crippen molar-refractivity contribution in [2.45, 2.75) is 19.8 Å². The lowest BCUT2D eigenvalue weighted by Gasteiger charge is -2.08. The van der Waals surface area contributed by atoms with Gasteiger partial charge in [0, 0.05) is 24.0 Å². The van der Waals surface area contributed by atoms with Crippen molar-refractivity contribution in [1.29, 1.82) is 0 Å². The highest BCUT2D eigenvalue weighted by molar-refractivity contribution is 5.96. The van der Waals surface area contributed by atoms with E-state index in [4.69, 9.17) is 4.42 Å². The largest absolute Gasteiger partial charge is 0.441 e. The van der Waals surface area contributed by atoms with Gasteiger partial charge in [0.15, 0.2) is 11.7 Å². The van der Waals surface area contributed by atoms with Crippen LogP contribution in [0.5, 0.6) is 0 Å². The van der Waals surface area contributed by atoms with Gasteiger partial charge in [-0.1, -0.05) is 18.2 Å². The van der Waals surface area contributed by atoms with Gasteiger partial charge in [0.1, 0.15) is 5.82 Å². The van der Waals surface area contributed by atoms with Crippen molar-refractivity contribution < 1.29 is 18.4 Å². The van der Waals surface area contributed by atoms with Crippen LogP contribution in [-0.2, 0) is 11.2 Å². The molecule has 0 unspecified atom stereocenters. The predicted octanol–water partition coefficient (Wildman–Crippen LogP) is 3.18. The minimum Gasteiger partial charge on any atom is -0.441 e. The number of benzene rings is 2. The Morgan fingerprint density at radius 1 is 1.07 bits per heavy atom. The zero-order chi connectivity index (χ0) is 19.2. The molecule has 0 aliphatic heterocycles. The Hall–Kier alpha value is -3.48. The van der Waals surface area contributed by atoms with E-state index in [2.05, 4.69) is 15.8 Å². The van der Waals surface area contributed by atoms with Crippen LogP contribution in [0.1, 0.15) is 28.2 Å². The summed E-state index contributed by atoms with van der Waals surface area (Å²) in [5.41, 5.74) is 6.77. The van der Waals surface area contributed by atoms with Crippen molar-refractivity contribution in [3.63, 3.8) is 0 Å². The molecular weight excluding hydrogens is 349 g/mol. The minimum absolute atomic E-state index is 0.0947. The van der Waals surface area contributed by atoms with Crippen molar-refractivity contribution in [2.24, 2.45) is 0 Å². The topological polar surface area (TPSA) is 84.2 Å². The molecule has 0 spiro atoms. The summed E-state index contributed by atoms with van der Waals surface area (Å²) in [4.78, 5) is 28.1. The summed E-state index contributed by atoms with van der Waals surface area (Å²) in [5.74, 6) is -0.189. The number of hydrazine groups is 1. The van der Waals surface area contributed by atoms with E-state index in [1.54, 1.807) is 24.3 Å². The van der Waals surface area contributed by atoms with Crippen LogP contribution < -0.4 is 10.9 Å². The standard InChI is InChI=1S/C20H18FN3O3/c1-13-4-2-3-5-16(13)20(26)24-23-18(25)10-11-19-22-12-17(27-19)14-6-8-15(21)9-7-14/h2-9,12H,10-11H2,1H3,(H,23,25)(H,24,26). The number of halogens is 1. The Balaban J connectivity index is 1.49. The molecule has 0 aliphatic rings. The number of nitrogens with one attached hydrogen (secondary N) is 2. The van der Waals surface area contributed by atoms with E-state index in [0.717, 1.165) is 5.56 Å². The molecule has 0 bridgehead atoms. The van der Waals surface area contributed by atoms with Crippen LogP contribution in [0.15, 0.2) is 59.1 Å². The molecule has 27 heavy (non-hydrogen) atoms. The molecule has 1 heterocycles. The third kappa shape index (κ3) is 4.78. The lowest BCUT2D eigenvalue weighted by molar-refractivity contribution is -0.121. The van der Waals surface area contributed by atoms with Crippen LogP contribution in [0.2, 0.25) is 0 Å². The summed E-state index contributed by atoms with van der Waals surface area (Å²) in [6, 6.07) is 12.9. The molecule has 0 fully saturated rings. The maximum atomic E-state index is 13.0. The third-order valence-electron chi connectivity index (χ3n) is 3.95. The molecule has 0 aliphatic carbocycles. The van der Waals surface area contributed by atoms with Gasteiger partial charge in [-0.05, 0) is 42.8 Å². The first-order valence-corrected chi connectivity index (χ1v) is 8.38. The smallest absolute Gasteiger partial charge is 0.269 e. The van der Waals surface area contributed by atoms with Gasteiger partial charge >= 0.3 is 0 Å². The molecule has 6 nitrogen and oxygen atoms in total. The first-order chi connectivity index (χ1) is 13.0. The van der Waals surface area contributed by atoms with Gasteiger partial charge in [0.05, 0.1) is 6.20 Å². The van der Waals surface area contributed by atoms with E-state index in [-0.39, 0.29) is 30.5 Å². The molecule has 2 amide bonds. The number of aromatic nitrogens is 1. The molecule has 3 rings (SSSR count). The highest BCUT2D eigenvalue weighted by Gasteiger charge is 2.11. The fourth-order valence-electron chi connectivity index (χ4n) is 2.48. The first-order valence-electron chi connectivity index (χ1n) is 8.38. The lowest BCUT2D eigenvalue weighted by Crippen LogP contribution is -2.41. The summed E-state index contributed by atoms with van der Waals surface area (Å²) in [6.07, 6.45) is 1.89. The normalized spacial score (nSPS) is 10.4. The maximum absolute atomic E-state index is 13.0. The van der Waals surface area contributed by atoms with Gasteiger partial charge in [-0.25, -0.2) is 9.37 Å². The molecule has 138 valence electrons. The van der Waals surface area contributed by atoms with Crippen LogP contribution in [0, 0.1) is 12.7 Å². The second-order valence-electron chi connectivity index (χ2n) is 5.94. The Morgan fingerprint density at radius 3 is 2.56 bits per heavy atom. The summed E-state index contributed by atoms with van der Waals surface area (Å²) < 4.78 is 18.5. The molecule has 1 aromatic heterocycles. The Bertz CT molecular complexity index is 951. The molecular formula is C20H18FN3O3. The quantitative estimate of drug-likeness (QED) is 0.679. The van der Waals surface area contributed by atoms with Crippen molar-refractivity contribution >= 4 is 11.8 Å². The summed E-state index contributed by atoms with van der Waals surface area (Å²) in [6.45, 7) is 1.82. The molecule has 0 atom stereocenters. The number of aryl methyl sites for hydroxylation is 2. The maximum Gasteiger partial charge on any atom is 0.269 e. The van der Waals surface area contributed by atoms with Crippen LogP contribution >= 0.6 is 0 Å². The van der Waals surface area contributed by atoms with E-state index in [1.165, 1.54) is 18.3 Å². The zero-order valence-electron chi connectivity index (χ0n) is 14.7. The molecule has 2 aromatic carbocycles. The van der Waals surface area contributed by atoms with Crippen molar-refractivity contribution in [3.8, 4) is 11.3 Å². The van der Waals surface area contributed by atoms with E-state index in [1.807, 2.05) is 19.1 Å². The SMILES string of the molecule is Cc1ccccc1C(=O)NNC(=O)CCc1ncc(-c2ccc(F)cc2)o1. The number of nitrogens with zero attached hydrogens (tertiary/aromatic N) is 1. The monoisotopic (exact) mass is 367 g/mol. The van der Waals surface area contributed by atoms with Crippen molar-refractivity contribution in [2.75, 3.05) is 0 Å². The van der Waals surface area contributed by atoms with Gasteiger partial charge in [0.25, 0.3) is 5.91 Å². The number of hydrogen-bond acceptors (Lipinski definition) is 4. The molecule has 3 aromatic rings. The second kappa shape index (κ2) is 8.27. The van der Waals surface area contributed by atoms with E-state index < -0.39 is 0 Å². The number of hydrogen-bond donors (Lipinski definition) is 2. The molecule has 0 saturated heterocycles. The second-order valence-corrected chi connectivity index (χ2v) is 5.94. The van der Waals surface area contributed by atoms with Crippen molar-refractivity contribution in [3.05, 3.63) is 77.6 Å². The minimum atomic E-state index is -0.379. The number of carbonyl (C=O) groups excluding carboxylic acids is 2. The van der Waals surface area contributed by atoms with Gasteiger partial charge < -0.3 is 4.42 Å². The summed E-state index contributed by atoms with van der Waals surface area (Å²) in [7, 11) is 0. The highest BCUT2D eigenvalue weighted by Crippen LogP contribution is 2.21. The van der Waals surface area contributed by atoms with Crippen LogP contribution in [-0.4, -0.2) is 16.8 Å². The Morgan fingerprint density at radius 2 is 1.81 bits per heavy atom. The van der Waals surface area contributed by atoms with Crippen molar-refractivity contribution in [1.82, 2.24) is 15.8 Å². The average Bonchev–Trinajstić information content (AvgIpc) is 3.14. The molecule has 0 saturated carbocycles. The average molecular weight is 367 g/mol. The number of rotatable bonds is 5. The molecule has 0 radical (unpaired) electrons. The van der Waals surface area contributed by atoms with E-state index in [0.29, 0.717) is 22.8 Å². The van der Waals surface area contributed by atoms with Gasteiger partial charge in [-0.2, -0.15) is 0 Å². The Labute approximate surface area is 155 Å². The van der Waals surface area contributed by atoms with Crippen LogP contribution in [0.25, 0.3) is 11.3 Å². The van der Waals surface area contributed by atoms with Gasteiger partial charge in [0.2, 0.25) is 5.91 Å². The number of carbonyl (C=O) groups is 2. The Kier molecular flexibility index (Phi) is 5.61.